The molecule has 4 atom stereocenters. The van der Waals surface area contributed by atoms with Crippen molar-refractivity contribution in [2.45, 2.75) is 30.7 Å². The molecule has 68 valence electrons. The smallest absolute Gasteiger partial charge is 0.307 e. The largest absolute Gasteiger partial charge is 0.458 e. The Labute approximate surface area is 69.3 Å². The summed E-state index contributed by atoms with van der Waals surface area (Å²) in [5.41, 5.74) is 0. The van der Waals surface area contributed by atoms with Gasteiger partial charge in [0.1, 0.15) is 12.2 Å². The van der Waals surface area contributed by atoms with Gasteiger partial charge in [-0.25, -0.2) is 0 Å². The van der Waals surface area contributed by atoms with Gasteiger partial charge in [0.2, 0.25) is 0 Å². The second-order valence-electron chi connectivity index (χ2n) is 3.21. The first kappa shape index (κ1) is 7.97. The average Bonchev–Trinajstić information content (AvgIpc) is 2.51. The molecule has 2 rings (SSSR count). The second kappa shape index (κ2) is 2.69. The SMILES string of the molecule is O=C1CC2NC(CO)C(O)C2O1. The first-order valence-electron chi connectivity index (χ1n) is 3.97. The van der Waals surface area contributed by atoms with E-state index >= 15 is 0 Å². The molecule has 2 heterocycles. The monoisotopic (exact) mass is 173 g/mol. The molecule has 0 amide bonds. The number of carbonyl (C=O) groups excluding carboxylic acids is 1. The molecule has 0 aromatic carbocycles. The average molecular weight is 173 g/mol. The van der Waals surface area contributed by atoms with E-state index < -0.39 is 12.2 Å². The molecule has 0 radical (unpaired) electrons. The summed E-state index contributed by atoms with van der Waals surface area (Å²) < 4.78 is 4.87. The molecule has 2 fully saturated rings. The lowest BCUT2D eigenvalue weighted by atomic mass is 10.1. The van der Waals surface area contributed by atoms with Crippen LogP contribution in [0.2, 0.25) is 0 Å². The Morgan fingerprint density at radius 2 is 2.42 bits per heavy atom. The summed E-state index contributed by atoms with van der Waals surface area (Å²) in [6, 6.07) is -0.474. The Bertz CT molecular complexity index is 208. The van der Waals surface area contributed by atoms with Gasteiger partial charge in [-0.1, -0.05) is 0 Å². The summed E-state index contributed by atoms with van der Waals surface area (Å²) in [5.74, 6) is -0.284. The molecular weight excluding hydrogens is 162 g/mol. The van der Waals surface area contributed by atoms with E-state index in [9.17, 15) is 9.90 Å². The lowest BCUT2D eigenvalue weighted by Crippen LogP contribution is -2.37. The van der Waals surface area contributed by atoms with E-state index in [1.54, 1.807) is 0 Å². The zero-order chi connectivity index (χ0) is 8.72. The Morgan fingerprint density at radius 1 is 1.67 bits per heavy atom. The van der Waals surface area contributed by atoms with Crippen molar-refractivity contribution in [1.29, 1.82) is 0 Å². The predicted octanol–water partition coefficient (Wildman–Crippen LogP) is -2.00. The van der Waals surface area contributed by atoms with Gasteiger partial charge in [0, 0.05) is 0 Å². The second-order valence-corrected chi connectivity index (χ2v) is 3.21. The van der Waals surface area contributed by atoms with E-state index in [2.05, 4.69) is 5.32 Å². The lowest BCUT2D eigenvalue weighted by Gasteiger charge is -2.14. The minimum atomic E-state index is -0.772. The molecular formula is C7H11NO4. The van der Waals surface area contributed by atoms with Gasteiger partial charge in [0.25, 0.3) is 0 Å². The summed E-state index contributed by atoms with van der Waals surface area (Å²) in [7, 11) is 0. The van der Waals surface area contributed by atoms with Crippen LogP contribution in [0.5, 0.6) is 0 Å². The zero-order valence-electron chi connectivity index (χ0n) is 6.43. The predicted molar refractivity (Wildman–Crippen MR) is 38.3 cm³/mol. The molecule has 4 unspecified atom stereocenters. The van der Waals surface area contributed by atoms with Crippen molar-refractivity contribution in [1.82, 2.24) is 5.32 Å². The van der Waals surface area contributed by atoms with Crippen molar-refractivity contribution >= 4 is 5.97 Å². The fourth-order valence-electron chi connectivity index (χ4n) is 1.80. The van der Waals surface area contributed by atoms with Crippen LogP contribution in [0.4, 0.5) is 0 Å². The molecule has 2 saturated heterocycles. The topological polar surface area (TPSA) is 78.8 Å². The van der Waals surface area contributed by atoms with Crippen molar-refractivity contribution in [2.75, 3.05) is 6.61 Å². The van der Waals surface area contributed by atoms with Crippen molar-refractivity contribution in [2.24, 2.45) is 0 Å². The summed E-state index contributed by atoms with van der Waals surface area (Å²) >= 11 is 0. The number of aliphatic hydroxyl groups is 2. The Hall–Kier alpha value is -0.650. The zero-order valence-corrected chi connectivity index (χ0v) is 6.43. The molecule has 0 aromatic rings. The van der Waals surface area contributed by atoms with Crippen molar-refractivity contribution in [3.63, 3.8) is 0 Å². The molecule has 2 aliphatic rings. The number of rotatable bonds is 1. The van der Waals surface area contributed by atoms with Crippen LogP contribution in [0.25, 0.3) is 0 Å². The van der Waals surface area contributed by atoms with Crippen molar-refractivity contribution in [3.8, 4) is 0 Å². The normalized spacial score (nSPS) is 46.0. The molecule has 0 bridgehead atoms. The lowest BCUT2D eigenvalue weighted by molar-refractivity contribution is -0.145. The van der Waals surface area contributed by atoms with E-state index in [1.807, 2.05) is 0 Å². The summed E-state index contributed by atoms with van der Waals surface area (Å²) in [6.45, 7) is -0.133. The maximum atomic E-state index is 10.8. The van der Waals surface area contributed by atoms with Gasteiger partial charge >= 0.3 is 5.97 Å². The molecule has 5 heteroatoms. The minimum absolute atomic E-state index is 0.121. The minimum Gasteiger partial charge on any atom is -0.458 e. The Balaban J connectivity index is 2.08. The van der Waals surface area contributed by atoms with E-state index in [0.717, 1.165) is 0 Å². The number of nitrogens with one attached hydrogen (secondary N) is 1. The summed E-state index contributed by atoms with van der Waals surface area (Å²) in [6.07, 6.45) is -0.945. The van der Waals surface area contributed by atoms with Gasteiger partial charge in [0.15, 0.2) is 0 Å². The third-order valence-electron chi connectivity index (χ3n) is 2.42. The maximum absolute atomic E-state index is 10.8. The van der Waals surface area contributed by atoms with Crippen molar-refractivity contribution in [3.05, 3.63) is 0 Å². The van der Waals surface area contributed by atoms with Gasteiger partial charge in [-0.15, -0.1) is 0 Å². The third-order valence-corrected chi connectivity index (χ3v) is 2.42. The summed E-state index contributed by atoms with van der Waals surface area (Å²) in [5, 5.41) is 21.2. The van der Waals surface area contributed by atoms with Crippen LogP contribution in [0.3, 0.4) is 0 Å². The molecule has 0 aliphatic carbocycles. The molecule has 0 saturated carbocycles. The van der Waals surface area contributed by atoms with Crippen LogP contribution in [-0.2, 0) is 9.53 Å². The van der Waals surface area contributed by atoms with Gasteiger partial charge in [-0.2, -0.15) is 0 Å². The molecule has 3 N–H and O–H groups in total. The van der Waals surface area contributed by atoms with Crippen LogP contribution >= 0.6 is 0 Å². The van der Waals surface area contributed by atoms with Crippen LogP contribution < -0.4 is 5.32 Å². The van der Waals surface area contributed by atoms with Crippen molar-refractivity contribution < 1.29 is 19.7 Å². The Kier molecular flexibility index (Phi) is 1.79. The number of esters is 1. The molecule has 0 spiro atoms. The number of fused-ring (bicyclic) bond motifs is 1. The molecule has 2 aliphatic heterocycles. The fourth-order valence-corrected chi connectivity index (χ4v) is 1.80. The van der Waals surface area contributed by atoms with Gasteiger partial charge in [-0.3, -0.25) is 4.79 Å². The van der Waals surface area contributed by atoms with Gasteiger partial charge in [-0.05, 0) is 0 Å². The summed E-state index contributed by atoms with van der Waals surface area (Å²) in [4.78, 5) is 10.8. The van der Waals surface area contributed by atoms with E-state index in [1.165, 1.54) is 0 Å². The first-order valence-corrected chi connectivity index (χ1v) is 3.97. The molecule has 5 nitrogen and oxygen atoms in total. The van der Waals surface area contributed by atoms with Crippen LogP contribution in [0.1, 0.15) is 6.42 Å². The number of ether oxygens (including phenoxy) is 1. The molecule has 0 aromatic heterocycles. The highest BCUT2D eigenvalue weighted by atomic mass is 16.6. The first-order chi connectivity index (χ1) is 5.72. The number of carbonyl (C=O) groups is 1. The van der Waals surface area contributed by atoms with E-state index in [4.69, 9.17) is 9.84 Å². The Morgan fingerprint density at radius 3 is 3.00 bits per heavy atom. The number of hydrogen-bond donors (Lipinski definition) is 3. The van der Waals surface area contributed by atoms with Crippen LogP contribution in [-0.4, -0.2) is 47.1 Å². The van der Waals surface area contributed by atoms with E-state index in [-0.39, 0.29) is 31.1 Å². The van der Waals surface area contributed by atoms with Crippen LogP contribution in [0.15, 0.2) is 0 Å². The standard InChI is InChI=1S/C7H11NO4/c9-2-4-6(11)7-3(8-4)1-5(10)12-7/h3-4,6-9,11H,1-2H2. The highest BCUT2D eigenvalue weighted by molar-refractivity contribution is 5.73. The van der Waals surface area contributed by atoms with Gasteiger partial charge < -0.3 is 20.3 Å². The highest BCUT2D eigenvalue weighted by Gasteiger charge is 2.49. The highest BCUT2D eigenvalue weighted by Crippen LogP contribution is 2.26. The number of aliphatic hydroxyl groups excluding tert-OH is 2. The fraction of sp³-hybridized carbons (Fsp3) is 0.857. The molecule has 12 heavy (non-hydrogen) atoms. The maximum Gasteiger partial charge on any atom is 0.307 e. The quantitative estimate of drug-likeness (QED) is 0.399. The third kappa shape index (κ3) is 1.01. The number of hydrogen-bond acceptors (Lipinski definition) is 5. The van der Waals surface area contributed by atoms with Crippen LogP contribution in [0, 0.1) is 0 Å². The van der Waals surface area contributed by atoms with Gasteiger partial charge in [0.05, 0.1) is 25.1 Å². The van der Waals surface area contributed by atoms with E-state index in [0.29, 0.717) is 0 Å².